The Morgan fingerprint density at radius 2 is 1.89 bits per heavy atom. The first-order chi connectivity index (χ1) is 9.01. The number of unbranched alkanes of at least 4 members (excludes halogenated alkanes) is 1. The smallest absolute Gasteiger partial charge is 0.303 e. The van der Waals surface area contributed by atoms with Crippen LogP contribution in [0.15, 0.2) is 30.3 Å². The van der Waals surface area contributed by atoms with E-state index in [1.54, 1.807) is 0 Å². The molecule has 4 nitrogen and oxygen atoms in total. The van der Waals surface area contributed by atoms with Gasteiger partial charge in [-0.05, 0) is 30.7 Å². The molecular weight excluding hydrogens is 263 g/mol. The summed E-state index contributed by atoms with van der Waals surface area (Å²) < 4.78 is 15.2. The molecule has 2 N–H and O–H groups in total. The van der Waals surface area contributed by atoms with E-state index in [-0.39, 0.29) is 12.5 Å². The van der Waals surface area contributed by atoms with Gasteiger partial charge in [-0.15, -0.1) is 0 Å². The Morgan fingerprint density at radius 3 is 2.47 bits per heavy atom. The van der Waals surface area contributed by atoms with Crippen LogP contribution in [0.4, 0.5) is 0 Å². The van der Waals surface area contributed by atoms with Crippen LogP contribution >= 0.6 is 7.82 Å². The van der Waals surface area contributed by atoms with E-state index in [1.165, 1.54) is 5.56 Å². The van der Waals surface area contributed by atoms with Crippen LogP contribution in [0.5, 0.6) is 0 Å². The summed E-state index contributed by atoms with van der Waals surface area (Å²) in [7, 11) is -4.32. The highest BCUT2D eigenvalue weighted by atomic mass is 31.2. The van der Waals surface area contributed by atoms with Crippen molar-refractivity contribution in [2.45, 2.75) is 39.0 Å². The molecule has 108 valence electrons. The maximum Gasteiger partial charge on any atom is 0.469 e. The molecule has 0 radical (unpaired) electrons. The molecule has 0 spiro atoms. The van der Waals surface area contributed by atoms with E-state index in [4.69, 9.17) is 9.79 Å². The predicted octanol–water partition coefficient (Wildman–Crippen LogP) is 3.53. The van der Waals surface area contributed by atoms with E-state index in [2.05, 4.69) is 16.7 Å². The molecule has 1 atom stereocenters. The molecule has 0 saturated carbocycles. The second kappa shape index (κ2) is 8.49. The molecule has 0 aliphatic heterocycles. The van der Waals surface area contributed by atoms with Crippen LogP contribution in [0.1, 0.15) is 38.2 Å². The SMILES string of the molecule is CCC(CCCCc1ccccc1)COP(=O)(O)O. The van der Waals surface area contributed by atoms with Gasteiger partial charge in [0.1, 0.15) is 0 Å². The number of benzene rings is 1. The first-order valence-electron chi connectivity index (χ1n) is 6.75. The topological polar surface area (TPSA) is 66.8 Å². The van der Waals surface area contributed by atoms with Gasteiger partial charge >= 0.3 is 7.82 Å². The van der Waals surface area contributed by atoms with Crippen molar-refractivity contribution in [3.8, 4) is 0 Å². The van der Waals surface area contributed by atoms with Crippen LogP contribution < -0.4 is 0 Å². The van der Waals surface area contributed by atoms with E-state index < -0.39 is 7.82 Å². The van der Waals surface area contributed by atoms with Crippen LogP contribution in [0.25, 0.3) is 0 Å². The van der Waals surface area contributed by atoms with E-state index in [0.717, 1.165) is 32.1 Å². The van der Waals surface area contributed by atoms with Crippen molar-refractivity contribution < 1.29 is 18.9 Å². The van der Waals surface area contributed by atoms with Crippen LogP contribution in [-0.4, -0.2) is 16.4 Å². The molecule has 1 rings (SSSR count). The lowest BCUT2D eigenvalue weighted by molar-refractivity contribution is 0.161. The Balaban J connectivity index is 2.17. The first kappa shape index (κ1) is 16.4. The highest BCUT2D eigenvalue weighted by molar-refractivity contribution is 7.46. The van der Waals surface area contributed by atoms with Crippen molar-refractivity contribution in [1.82, 2.24) is 0 Å². The third-order valence-corrected chi connectivity index (χ3v) is 3.71. The minimum atomic E-state index is -4.32. The molecule has 0 amide bonds. The number of phosphoric acid groups is 1. The Bertz CT molecular complexity index is 388. The molecule has 19 heavy (non-hydrogen) atoms. The average Bonchev–Trinajstić information content (AvgIpc) is 2.38. The van der Waals surface area contributed by atoms with Gasteiger partial charge < -0.3 is 9.79 Å². The van der Waals surface area contributed by atoms with Crippen LogP contribution in [0.3, 0.4) is 0 Å². The molecule has 1 unspecified atom stereocenters. The highest BCUT2D eigenvalue weighted by Gasteiger charge is 2.16. The minimum Gasteiger partial charge on any atom is -0.303 e. The lowest BCUT2D eigenvalue weighted by Gasteiger charge is -2.15. The fourth-order valence-corrected chi connectivity index (χ4v) is 2.42. The number of hydrogen-bond acceptors (Lipinski definition) is 2. The number of hydrogen-bond donors (Lipinski definition) is 2. The summed E-state index contributed by atoms with van der Waals surface area (Å²) in [4.78, 5) is 17.3. The fraction of sp³-hybridized carbons (Fsp3) is 0.571. The Kier molecular flexibility index (Phi) is 7.32. The fourth-order valence-electron chi connectivity index (χ4n) is 2.01. The number of aryl methyl sites for hydroxylation is 1. The summed E-state index contributed by atoms with van der Waals surface area (Å²) in [5, 5.41) is 0. The third-order valence-electron chi connectivity index (χ3n) is 3.23. The summed E-state index contributed by atoms with van der Waals surface area (Å²) in [6.07, 6.45) is 5.03. The average molecular weight is 286 g/mol. The standard InChI is InChI=1S/C14H23O4P/c1-2-13(12-18-19(15,16)17)8-6-7-11-14-9-4-3-5-10-14/h3-5,9-10,13H,2,6-8,11-12H2,1H3,(H2,15,16,17). The van der Waals surface area contributed by atoms with E-state index in [1.807, 2.05) is 25.1 Å². The van der Waals surface area contributed by atoms with Crippen LogP contribution in [-0.2, 0) is 15.5 Å². The van der Waals surface area contributed by atoms with E-state index in [0.29, 0.717) is 0 Å². The molecular formula is C14H23O4P. The summed E-state index contributed by atoms with van der Waals surface area (Å²) in [6.45, 7) is 2.16. The lowest BCUT2D eigenvalue weighted by atomic mass is 9.98. The Hall–Kier alpha value is -0.670. The van der Waals surface area contributed by atoms with Gasteiger partial charge in [0.05, 0.1) is 6.61 Å². The van der Waals surface area contributed by atoms with Gasteiger partial charge in [-0.3, -0.25) is 4.52 Å². The second-order valence-electron chi connectivity index (χ2n) is 4.79. The molecule has 1 aromatic rings. The number of phosphoric ester groups is 1. The molecule has 0 heterocycles. The van der Waals surface area contributed by atoms with Crippen LogP contribution in [0.2, 0.25) is 0 Å². The molecule has 5 heteroatoms. The third kappa shape index (κ3) is 8.17. The molecule has 0 bridgehead atoms. The maximum atomic E-state index is 10.6. The highest BCUT2D eigenvalue weighted by Crippen LogP contribution is 2.37. The van der Waals surface area contributed by atoms with Gasteiger partial charge in [-0.2, -0.15) is 0 Å². The summed E-state index contributed by atoms with van der Waals surface area (Å²) >= 11 is 0. The molecule has 0 aliphatic rings. The molecule has 0 fully saturated rings. The largest absolute Gasteiger partial charge is 0.469 e. The van der Waals surface area contributed by atoms with Crippen molar-refractivity contribution in [1.29, 1.82) is 0 Å². The van der Waals surface area contributed by atoms with Gasteiger partial charge in [0.25, 0.3) is 0 Å². The molecule has 0 aliphatic carbocycles. The summed E-state index contributed by atoms with van der Waals surface area (Å²) in [5.74, 6) is 0.225. The molecule has 0 aromatic heterocycles. The van der Waals surface area contributed by atoms with Crippen molar-refractivity contribution in [2.75, 3.05) is 6.61 Å². The zero-order valence-corrected chi connectivity index (χ0v) is 12.3. The summed E-state index contributed by atoms with van der Waals surface area (Å²) in [5.41, 5.74) is 1.34. The zero-order chi connectivity index (χ0) is 14.1. The zero-order valence-electron chi connectivity index (χ0n) is 11.4. The molecule has 0 saturated heterocycles. The first-order valence-corrected chi connectivity index (χ1v) is 8.28. The van der Waals surface area contributed by atoms with Gasteiger partial charge in [0, 0.05) is 0 Å². The van der Waals surface area contributed by atoms with E-state index in [9.17, 15) is 4.57 Å². The number of rotatable bonds is 9. The van der Waals surface area contributed by atoms with Gasteiger partial charge in [-0.25, -0.2) is 4.57 Å². The Labute approximate surface area is 115 Å². The van der Waals surface area contributed by atoms with Crippen molar-refractivity contribution in [2.24, 2.45) is 5.92 Å². The van der Waals surface area contributed by atoms with E-state index >= 15 is 0 Å². The second-order valence-corrected chi connectivity index (χ2v) is 6.03. The lowest BCUT2D eigenvalue weighted by Crippen LogP contribution is -2.08. The maximum absolute atomic E-state index is 10.6. The predicted molar refractivity (Wildman–Crippen MR) is 75.8 cm³/mol. The Morgan fingerprint density at radius 1 is 1.21 bits per heavy atom. The normalized spacial score (nSPS) is 13.4. The minimum absolute atomic E-state index is 0.145. The van der Waals surface area contributed by atoms with Crippen LogP contribution in [0, 0.1) is 5.92 Å². The van der Waals surface area contributed by atoms with Gasteiger partial charge in [0.2, 0.25) is 0 Å². The van der Waals surface area contributed by atoms with Gasteiger partial charge in [0.15, 0.2) is 0 Å². The monoisotopic (exact) mass is 286 g/mol. The quantitative estimate of drug-likeness (QED) is 0.538. The van der Waals surface area contributed by atoms with Crippen molar-refractivity contribution >= 4 is 7.82 Å². The molecule has 1 aromatic carbocycles. The summed E-state index contributed by atoms with van der Waals surface area (Å²) in [6, 6.07) is 10.3. The van der Waals surface area contributed by atoms with Crippen molar-refractivity contribution in [3.05, 3.63) is 35.9 Å². The van der Waals surface area contributed by atoms with Crippen molar-refractivity contribution in [3.63, 3.8) is 0 Å². The van der Waals surface area contributed by atoms with Gasteiger partial charge in [-0.1, -0.05) is 50.1 Å².